The highest BCUT2D eigenvalue weighted by atomic mass is 32.2. The molecule has 0 unspecified atom stereocenters. The lowest BCUT2D eigenvalue weighted by molar-refractivity contribution is -0.113. The molecule has 1 aromatic heterocycles. The van der Waals surface area contributed by atoms with Gasteiger partial charge in [-0.25, -0.2) is 4.98 Å². The predicted molar refractivity (Wildman–Crippen MR) is 146 cm³/mol. The Morgan fingerprint density at radius 2 is 1.76 bits per heavy atom. The number of rotatable bonds is 10. The minimum absolute atomic E-state index is 0.161. The molecule has 0 bridgehead atoms. The van der Waals surface area contributed by atoms with Crippen LogP contribution >= 0.6 is 11.8 Å². The van der Waals surface area contributed by atoms with Gasteiger partial charge in [-0.1, -0.05) is 11.8 Å². The third kappa shape index (κ3) is 5.50. The van der Waals surface area contributed by atoms with Crippen LogP contribution in [0.1, 0.15) is 6.92 Å². The summed E-state index contributed by atoms with van der Waals surface area (Å²) in [7, 11) is 3.23. The number of carbonyl (C=O) groups excluding carboxylic acids is 1. The average molecular weight is 534 g/mol. The van der Waals surface area contributed by atoms with Crippen molar-refractivity contribution in [1.82, 2.24) is 9.97 Å². The van der Waals surface area contributed by atoms with Gasteiger partial charge in [-0.3, -0.25) is 4.79 Å². The Bertz CT molecular complexity index is 1440. The van der Waals surface area contributed by atoms with Crippen LogP contribution in [0.25, 0.3) is 22.6 Å². The van der Waals surface area contributed by atoms with E-state index in [1.807, 2.05) is 49.4 Å². The zero-order valence-electron chi connectivity index (χ0n) is 21.2. The molecule has 2 N–H and O–H groups in total. The van der Waals surface area contributed by atoms with E-state index in [4.69, 9.17) is 28.7 Å². The monoisotopic (exact) mass is 533 g/mol. The lowest BCUT2D eigenvalue weighted by atomic mass is 10.1. The average Bonchev–Trinajstić information content (AvgIpc) is 3.59. The molecule has 38 heavy (non-hydrogen) atoms. The van der Waals surface area contributed by atoms with Crippen molar-refractivity contribution >= 4 is 23.4 Å². The Hall–Kier alpha value is -4.31. The maximum atomic E-state index is 12.8. The molecule has 0 atom stereocenters. The molecular formula is C28H27N3O6S. The van der Waals surface area contributed by atoms with Crippen molar-refractivity contribution in [2.45, 2.75) is 11.9 Å². The number of methoxy groups -OCH3 is 2. The lowest BCUT2D eigenvalue weighted by Gasteiger charge is -2.10. The molecule has 9 nitrogen and oxygen atoms in total. The van der Waals surface area contributed by atoms with Crippen LogP contribution in [0.5, 0.6) is 28.7 Å². The van der Waals surface area contributed by atoms with E-state index in [0.717, 1.165) is 22.6 Å². The Kier molecular flexibility index (Phi) is 7.60. The van der Waals surface area contributed by atoms with E-state index < -0.39 is 0 Å². The highest BCUT2D eigenvalue weighted by Gasteiger charge is 2.18. The molecule has 4 aromatic rings. The summed E-state index contributed by atoms with van der Waals surface area (Å²) >= 11 is 1.34. The number of thioether (sulfide) groups is 1. The molecule has 2 heterocycles. The van der Waals surface area contributed by atoms with Crippen molar-refractivity contribution in [3.63, 3.8) is 0 Å². The largest absolute Gasteiger partial charge is 0.497 e. The summed E-state index contributed by atoms with van der Waals surface area (Å²) in [4.78, 5) is 21.1. The van der Waals surface area contributed by atoms with Crippen LogP contribution in [0.15, 0.2) is 65.7 Å². The second-order valence-corrected chi connectivity index (χ2v) is 9.16. The molecule has 0 radical (unpaired) electrons. The van der Waals surface area contributed by atoms with Gasteiger partial charge in [-0.2, -0.15) is 0 Å². The highest BCUT2D eigenvalue weighted by Crippen LogP contribution is 2.37. The third-order valence-corrected chi connectivity index (χ3v) is 6.76. The van der Waals surface area contributed by atoms with Crippen molar-refractivity contribution in [1.29, 1.82) is 0 Å². The fourth-order valence-corrected chi connectivity index (χ4v) is 4.76. The first-order valence-electron chi connectivity index (χ1n) is 12.0. The van der Waals surface area contributed by atoms with Gasteiger partial charge < -0.3 is 34.0 Å². The van der Waals surface area contributed by atoms with Crippen molar-refractivity contribution < 1.29 is 28.5 Å². The van der Waals surface area contributed by atoms with Gasteiger partial charge in [-0.15, -0.1) is 0 Å². The number of fused-ring (bicyclic) bond motifs is 1. The van der Waals surface area contributed by atoms with Gasteiger partial charge in [0.05, 0.1) is 32.3 Å². The SMILES string of the molecule is CCOc1ccc(-c2nc(SCC(=O)Nc3ccc4c(c3)OCO4)c(-c3ccc(OC)cc3)[nH]2)cc1OC. The van der Waals surface area contributed by atoms with Gasteiger partial charge in [0, 0.05) is 22.9 Å². The summed E-state index contributed by atoms with van der Waals surface area (Å²) in [5.41, 5.74) is 3.19. The molecular weight excluding hydrogens is 506 g/mol. The number of carbonyl (C=O) groups is 1. The Morgan fingerprint density at radius 3 is 2.53 bits per heavy atom. The number of ether oxygens (including phenoxy) is 5. The number of hydrogen-bond acceptors (Lipinski definition) is 8. The zero-order valence-corrected chi connectivity index (χ0v) is 22.0. The number of H-pyrrole nitrogens is 1. The first-order chi connectivity index (χ1) is 18.6. The maximum absolute atomic E-state index is 12.8. The first-order valence-corrected chi connectivity index (χ1v) is 12.9. The quantitative estimate of drug-likeness (QED) is 0.253. The Balaban J connectivity index is 1.39. The van der Waals surface area contributed by atoms with Crippen molar-refractivity contribution in [2.75, 3.05) is 38.7 Å². The van der Waals surface area contributed by atoms with Crippen LogP contribution < -0.4 is 29.0 Å². The molecule has 5 rings (SSSR count). The topological polar surface area (TPSA) is 104 Å². The van der Waals surface area contributed by atoms with E-state index in [2.05, 4.69) is 10.3 Å². The number of nitrogens with zero attached hydrogens (tertiary/aromatic N) is 1. The number of aromatic nitrogens is 2. The third-order valence-electron chi connectivity index (χ3n) is 5.78. The molecule has 3 aromatic carbocycles. The number of nitrogens with one attached hydrogen (secondary N) is 2. The fraction of sp³-hybridized carbons (Fsp3) is 0.214. The van der Waals surface area contributed by atoms with Gasteiger partial charge in [0.2, 0.25) is 12.7 Å². The molecule has 1 aliphatic rings. The summed E-state index contributed by atoms with van der Waals surface area (Å²) in [6, 6.07) is 18.6. The van der Waals surface area contributed by atoms with E-state index >= 15 is 0 Å². The lowest BCUT2D eigenvalue weighted by Crippen LogP contribution is -2.14. The van der Waals surface area contributed by atoms with Crippen molar-refractivity contribution in [3.8, 4) is 51.4 Å². The molecule has 0 aliphatic carbocycles. The molecule has 0 spiro atoms. The van der Waals surface area contributed by atoms with Crippen LogP contribution in [0, 0.1) is 0 Å². The summed E-state index contributed by atoms with van der Waals surface area (Å²) in [5, 5.41) is 3.60. The zero-order chi connectivity index (χ0) is 26.5. The molecule has 0 saturated heterocycles. The van der Waals surface area contributed by atoms with Crippen molar-refractivity contribution in [3.05, 3.63) is 60.7 Å². The molecule has 10 heteroatoms. The van der Waals surface area contributed by atoms with E-state index in [9.17, 15) is 4.79 Å². The smallest absolute Gasteiger partial charge is 0.234 e. The normalized spacial score (nSPS) is 11.8. The number of amides is 1. The van der Waals surface area contributed by atoms with Gasteiger partial charge in [0.15, 0.2) is 23.0 Å². The van der Waals surface area contributed by atoms with Crippen LogP contribution in [-0.4, -0.2) is 49.2 Å². The van der Waals surface area contributed by atoms with E-state index in [0.29, 0.717) is 46.1 Å². The molecule has 1 aliphatic heterocycles. The number of aromatic amines is 1. The second-order valence-electron chi connectivity index (χ2n) is 8.20. The van der Waals surface area contributed by atoms with E-state index in [-0.39, 0.29) is 18.5 Å². The van der Waals surface area contributed by atoms with E-state index in [1.54, 1.807) is 32.4 Å². The maximum Gasteiger partial charge on any atom is 0.234 e. The first kappa shape index (κ1) is 25.3. The summed E-state index contributed by atoms with van der Waals surface area (Å²) in [6.07, 6.45) is 0. The van der Waals surface area contributed by atoms with E-state index in [1.165, 1.54) is 11.8 Å². The second kappa shape index (κ2) is 11.4. The number of imidazole rings is 1. The Morgan fingerprint density at radius 1 is 0.974 bits per heavy atom. The standard InChI is InChI=1S/C28H27N3O6S/c1-4-35-21-11-7-18(13-23(21)34-3)27-30-26(17-5-9-20(33-2)10-6-17)28(31-27)38-15-25(32)29-19-8-12-22-24(14-19)37-16-36-22/h5-14H,4,15-16H2,1-3H3,(H,29,32)(H,30,31). The summed E-state index contributed by atoms with van der Waals surface area (Å²) in [5.74, 6) is 3.95. The Labute approximate surface area is 224 Å². The number of hydrogen-bond donors (Lipinski definition) is 2. The molecule has 1 amide bonds. The van der Waals surface area contributed by atoms with Crippen LogP contribution in [-0.2, 0) is 4.79 Å². The molecule has 196 valence electrons. The summed E-state index contributed by atoms with van der Waals surface area (Å²) in [6.45, 7) is 2.64. The molecule has 0 saturated carbocycles. The summed E-state index contributed by atoms with van der Waals surface area (Å²) < 4.78 is 27.2. The van der Waals surface area contributed by atoms with Gasteiger partial charge in [-0.05, 0) is 61.5 Å². The molecule has 0 fully saturated rings. The highest BCUT2D eigenvalue weighted by molar-refractivity contribution is 8.00. The van der Waals surface area contributed by atoms with Crippen LogP contribution in [0.2, 0.25) is 0 Å². The van der Waals surface area contributed by atoms with Gasteiger partial charge in [0.25, 0.3) is 0 Å². The van der Waals surface area contributed by atoms with Crippen LogP contribution in [0.3, 0.4) is 0 Å². The predicted octanol–water partition coefficient (Wildman–Crippen LogP) is 5.62. The van der Waals surface area contributed by atoms with Crippen LogP contribution in [0.4, 0.5) is 5.69 Å². The van der Waals surface area contributed by atoms with Gasteiger partial charge in [0.1, 0.15) is 16.6 Å². The number of anilines is 1. The number of benzene rings is 3. The van der Waals surface area contributed by atoms with Gasteiger partial charge >= 0.3 is 0 Å². The minimum atomic E-state index is -0.165. The fourth-order valence-electron chi connectivity index (χ4n) is 3.95. The minimum Gasteiger partial charge on any atom is -0.497 e. The van der Waals surface area contributed by atoms with Crippen molar-refractivity contribution in [2.24, 2.45) is 0 Å².